The Morgan fingerprint density at radius 3 is 2.21 bits per heavy atom. The van der Waals surface area contributed by atoms with Crippen LogP contribution < -0.4 is 0 Å². The second-order valence-corrected chi connectivity index (χ2v) is 13.2. The van der Waals surface area contributed by atoms with Crippen LogP contribution in [0.15, 0.2) is 60.8 Å². The normalized spacial score (nSPS) is 21.9. The van der Waals surface area contributed by atoms with Crippen LogP contribution in [0.5, 0.6) is 0 Å². The molecule has 1 aromatic heterocycles. The molecule has 9 heteroatoms. The van der Waals surface area contributed by atoms with Gasteiger partial charge < -0.3 is 14.5 Å². The number of benzene rings is 2. The largest absolute Gasteiger partial charge is 0.444 e. The Morgan fingerprint density at radius 1 is 0.837 bits per heavy atom. The molecular formula is C34H42FN5O3. The summed E-state index contributed by atoms with van der Waals surface area (Å²) in [6.45, 7) is 10.2. The summed E-state index contributed by atoms with van der Waals surface area (Å²) in [5.41, 5.74) is 3.08. The number of aromatic nitrogens is 2. The lowest BCUT2D eigenvalue weighted by Crippen LogP contribution is -2.44. The number of piperidine rings is 1. The SMILES string of the molecule is CC(C)(C)OC(=O)N1CCC(N2CCC(c3c(C(=O)N4CC[C@H](c5ccccc5)C4)cnn3-c3ccc(F)cc3)CC2)C1. The van der Waals surface area contributed by atoms with Gasteiger partial charge in [-0.2, -0.15) is 5.10 Å². The van der Waals surface area contributed by atoms with Gasteiger partial charge in [0.15, 0.2) is 0 Å². The average Bonchev–Trinajstić information content (AvgIpc) is 3.77. The van der Waals surface area contributed by atoms with Gasteiger partial charge in [0.05, 0.1) is 23.1 Å². The van der Waals surface area contributed by atoms with Crippen molar-refractivity contribution in [3.63, 3.8) is 0 Å². The van der Waals surface area contributed by atoms with Gasteiger partial charge in [0.2, 0.25) is 0 Å². The van der Waals surface area contributed by atoms with Crippen molar-refractivity contribution in [1.82, 2.24) is 24.5 Å². The van der Waals surface area contributed by atoms with Crippen molar-refractivity contribution in [2.75, 3.05) is 39.3 Å². The van der Waals surface area contributed by atoms with E-state index in [1.54, 1.807) is 18.3 Å². The summed E-state index contributed by atoms with van der Waals surface area (Å²) >= 11 is 0. The molecule has 2 aromatic carbocycles. The molecule has 2 amide bonds. The van der Waals surface area contributed by atoms with E-state index >= 15 is 0 Å². The molecule has 0 bridgehead atoms. The molecule has 1 unspecified atom stereocenters. The van der Waals surface area contributed by atoms with Crippen molar-refractivity contribution in [2.24, 2.45) is 0 Å². The molecular weight excluding hydrogens is 545 g/mol. The first kappa shape index (κ1) is 29.4. The number of rotatable bonds is 5. The van der Waals surface area contributed by atoms with E-state index in [1.807, 2.05) is 41.3 Å². The van der Waals surface area contributed by atoms with Crippen LogP contribution in [-0.4, -0.2) is 87.4 Å². The van der Waals surface area contributed by atoms with Crippen molar-refractivity contribution < 1.29 is 18.7 Å². The minimum absolute atomic E-state index is 0.0213. The predicted molar refractivity (Wildman–Crippen MR) is 163 cm³/mol. The first-order valence-corrected chi connectivity index (χ1v) is 15.6. The molecule has 0 aliphatic carbocycles. The van der Waals surface area contributed by atoms with Crippen LogP contribution in [-0.2, 0) is 4.74 Å². The molecule has 0 radical (unpaired) electrons. The monoisotopic (exact) mass is 587 g/mol. The van der Waals surface area contributed by atoms with Gasteiger partial charge in [-0.25, -0.2) is 13.9 Å². The average molecular weight is 588 g/mol. The summed E-state index contributed by atoms with van der Waals surface area (Å²) in [7, 11) is 0. The lowest BCUT2D eigenvalue weighted by atomic mass is 9.89. The second-order valence-electron chi connectivity index (χ2n) is 13.2. The quantitative estimate of drug-likeness (QED) is 0.376. The van der Waals surface area contributed by atoms with Crippen LogP contribution in [0.4, 0.5) is 9.18 Å². The third-order valence-electron chi connectivity index (χ3n) is 9.10. The van der Waals surface area contributed by atoms with E-state index in [1.165, 1.54) is 17.7 Å². The summed E-state index contributed by atoms with van der Waals surface area (Å²) in [4.78, 5) is 32.9. The summed E-state index contributed by atoms with van der Waals surface area (Å²) < 4.78 is 21.2. The lowest BCUT2D eigenvalue weighted by molar-refractivity contribution is 0.0276. The Kier molecular flexibility index (Phi) is 8.27. The fourth-order valence-corrected chi connectivity index (χ4v) is 6.89. The molecule has 8 nitrogen and oxygen atoms in total. The molecule has 4 heterocycles. The number of likely N-dealkylation sites (tertiary alicyclic amines) is 3. The zero-order chi connectivity index (χ0) is 30.1. The first-order valence-electron chi connectivity index (χ1n) is 15.6. The number of halogens is 1. The summed E-state index contributed by atoms with van der Waals surface area (Å²) in [5.74, 6) is 0.186. The van der Waals surface area contributed by atoms with Crippen LogP contribution in [0.2, 0.25) is 0 Å². The lowest BCUT2D eigenvalue weighted by Gasteiger charge is -2.36. The predicted octanol–water partition coefficient (Wildman–Crippen LogP) is 5.83. The van der Waals surface area contributed by atoms with Crippen molar-refractivity contribution in [1.29, 1.82) is 0 Å². The van der Waals surface area contributed by atoms with Gasteiger partial charge in [0, 0.05) is 44.1 Å². The summed E-state index contributed by atoms with van der Waals surface area (Å²) in [6, 6.07) is 17.0. The molecule has 2 atom stereocenters. The highest BCUT2D eigenvalue weighted by atomic mass is 19.1. The molecule has 43 heavy (non-hydrogen) atoms. The minimum Gasteiger partial charge on any atom is -0.444 e. The highest BCUT2D eigenvalue weighted by Crippen LogP contribution is 2.36. The highest BCUT2D eigenvalue weighted by molar-refractivity contribution is 5.95. The van der Waals surface area contributed by atoms with Crippen LogP contribution in [0.3, 0.4) is 0 Å². The molecule has 228 valence electrons. The fourth-order valence-electron chi connectivity index (χ4n) is 6.89. The van der Waals surface area contributed by atoms with Crippen molar-refractivity contribution >= 4 is 12.0 Å². The van der Waals surface area contributed by atoms with E-state index in [0.717, 1.165) is 50.2 Å². The maximum absolute atomic E-state index is 14.0. The van der Waals surface area contributed by atoms with Crippen LogP contribution in [0.1, 0.15) is 79.9 Å². The van der Waals surface area contributed by atoms with Gasteiger partial charge in [0.1, 0.15) is 11.4 Å². The van der Waals surface area contributed by atoms with Crippen LogP contribution in [0, 0.1) is 5.82 Å². The standard InChI is InChI=1S/C34H42FN5O3/c1-34(2,3)43-33(42)39-20-16-29(23-39)37-17-13-25(14-18-37)31-30(21-36-40(31)28-11-9-27(35)10-12-28)32(41)38-19-15-26(22-38)24-7-5-4-6-8-24/h4-12,21,25-26,29H,13-20,22-23H2,1-3H3/t26-,29?/m0/s1. The maximum Gasteiger partial charge on any atom is 0.410 e. The summed E-state index contributed by atoms with van der Waals surface area (Å²) in [5, 5.41) is 4.69. The van der Waals surface area contributed by atoms with E-state index in [0.29, 0.717) is 43.7 Å². The van der Waals surface area contributed by atoms with E-state index in [4.69, 9.17) is 9.84 Å². The molecule has 6 rings (SSSR count). The zero-order valence-electron chi connectivity index (χ0n) is 25.4. The highest BCUT2D eigenvalue weighted by Gasteiger charge is 2.37. The van der Waals surface area contributed by atoms with Crippen molar-refractivity contribution in [2.45, 2.75) is 69.9 Å². The Bertz CT molecular complexity index is 1430. The van der Waals surface area contributed by atoms with Gasteiger partial charge in [-0.1, -0.05) is 30.3 Å². The zero-order valence-corrected chi connectivity index (χ0v) is 25.4. The maximum atomic E-state index is 14.0. The van der Waals surface area contributed by atoms with E-state index < -0.39 is 5.60 Å². The number of ether oxygens (including phenoxy) is 1. The topological polar surface area (TPSA) is 70.9 Å². The molecule has 3 saturated heterocycles. The van der Waals surface area contributed by atoms with Crippen molar-refractivity contribution in [3.8, 4) is 5.69 Å². The molecule has 0 saturated carbocycles. The molecule has 3 aromatic rings. The van der Waals surface area contributed by atoms with E-state index in [9.17, 15) is 14.0 Å². The second kappa shape index (κ2) is 12.1. The Hall–Kier alpha value is -3.72. The number of carbonyl (C=O) groups is 2. The van der Waals surface area contributed by atoms with Crippen LogP contribution >= 0.6 is 0 Å². The van der Waals surface area contributed by atoms with E-state index in [-0.39, 0.29) is 23.7 Å². The smallest absolute Gasteiger partial charge is 0.410 e. The molecule has 3 aliphatic rings. The van der Waals surface area contributed by atoms with Gasteiger partial charge >= 0.3 is 6.09 Å². The number of nitrogens with zero attached hydrogens (tertiary/aromatic N) is 5. The Morgan fingerprint density at radius 2 is 1.51 bits per heavy atom. The van der Waals surface area contributed by atoms with E-state index in [2.05, 4.69) is 29.2 Å². The van der Waals surface area contributed by atoms with Crippen molar-refractivity contribution in [3.05, 3.63) is 83.4 Å². The van der Waals surface area contributed by atoms with Gasteiger partial charge in [-0.05, 0) is 89.4 Å². The molecule has 3 fully saturated rings. The first-order chi connectivity index (χ1) is 20.7. The number of amides is 2. The number of hydrogen-bond donors (Lipinski definition) is 0. The summed E-state index contributed by atoms with van der Waals surface area (Å²) in [6.07, 6.45) is 5.09. The Labute approximate surface area is 253 Å². The fraction of sp³-hybridized carbons (Fsp3) is 0.500. The number of hydrogen-bond acceptors (Lipinski definition) is 5. The molecule has 0 N–H and O–H groups in total. The Balaban J connectivity index is 1.18. The molecule has 0 spiro atoms. The third-order valence-corrected chi connectivity index (χ3v) is 9.10. The van der Waals surface area contributed by atoms with Gasteiger partial charge in [0.25, 0.3) is 5.91 Å². The minimum atomic E-state index is -0.506. The molecule has 3 aliphatic heterocycles. The van der Waals surface area contributed by atoms with Gasteiger partial charge in [-0.15, -0.1) is 0 Å². The van der Waals surface area contributed by atoms with Gasteiger partial charge in [-0.3, -0.25) is 9.69 Å². The third kappa shape index (κ3) is 6.47. The van der Waals surface area contributed by atoms with Crippen LogP contribution in [0.25, 0.3) is 5.69 Å². The number of carbonyl (C=O) groups excluding carboxylic acids is 2.